The van der Waals surface area contributed by atoms with E-state index in [2.05, 4.69) is 66.9 Å². The molecule has 2 aromatic heterocycles. The summed E-state index contributed by atoms with van der Waals surface area (Å²) in [4.78, 5) is 19.3. The molecule has 0 amide bonds. The van der Waals surface area contributed by atoms with Gasteiger partial charge in [0, 0.05) is 98.9 Å². The molecule has 0 saturated carbocycles. The molecule has 2 bridgehead atoms. The van der Waals surface area contributed by atoms with Gasteiger partial charge in [0.25, 0.3) is 0 Å². The van der Waals surface area contributed by atoms with Crippen molar-refractivity contribution in [1.29, 1.82) is 0 Å². The fourth-order valence-electron chi connectivity index (χ4n) is 7.68. The lowest BCUT2D eigenvalue weighted by Crippen LogP contribution is -2.63. The second kappa shape index (κ2) is 12.9. The largest absolute Gasteiger partial charge is 0.369 e. The Kier molecular flexibility index (Phi) is 8.31. The molecule has 0 spiro atoms. The average molecular weight is 664 g/mol. The zero-order valence-electron chi connectivity index (χ0n) is 28.3. The van der Waals surface area contributed by atoms with Crippen molar-refractivity contribution in [3.05, 3.63) is 89.9 Å². The Morgan fingerprint density at radius 1 is 0.837 bits per heavy atom. The Labute approximate surface area is 286 Å². The third kappa shape index (κ3) is 6.27. The van der Waals surface area contributed by atoms with E-state index in [1.807, 2.05) is 24.9 Å². The molecule has 0 unspecified atom stereocenters. The van der Waals surface area contributed by atoms with Gasteiger partial charge in [-0.15, -0.1) is 0 Å². The number of aryl methyl sites for hydroxylation is 2. The van der Waals surface area contributed by atoms with Crippen LogP contribution >= 0.6 is 0 Å². The number of nitrogens with zero attached hydrogens (tertiary/aromatic N) is 8. The number of fused-ring (bicyclic) bond motifs is 7. The molecular formula is C38H43F2N9. The fourth-order valence-corrected chi connectivity index (χ4v) is 7.68. The smallest absolute Gasteiger partial charge is 0.208 e. The number of rotatable bonds is 3. The number of hydrogen-bond acceptors (Lipinski definition) is 8. The van der Waals surface area contributed by atoms with Crippen molar-refractivity contribution in [3.8, 4) is 11.3 Å². The summed E-state index contributed by atoms with van der Waals surface area (Å²) in [6.45, 7) is 12.6. The molecule has 2 saturated heterocycles. The number of pyridine rings is 1. The summed E-state index contributed by atoms with van der Waals surface area (Å²) in [5, 5.41) is 8.17. The molecule has 4 aromatic rings. The van der Waals surface area contributed by atoms with Crippen LogP contribution < -0.4 is 20.0 Å². The van der Waals surface area contributed by atoms with Crippen LogP contribution in [-0.4, -0.2) is 77.5 Å². The molecule has 0 atom stereocenters. The Morgan fingerprint density at radius 2 is 1.61 bits per heavy atom. The summed E-state index contributed by atoms with van der Waals surface area (Å²) in [5.74, 6) is -0.246. The van der Waals surface area contributed by atoms with Gasteiger partial charge in [-0.3, -0.25) is 14.6 Å². The van der Waals surface area contributed by atoms with Crippen molar-refractivity contribution in [2.75, 3.05) is 65.8 Å². The summed E-state index contributed by atoms with van der Waals surface area (Å²) >= 11 is 0. The molecule has 9 nitrogen and oxygen atoms in total. The Hall–Kier alpha value is -4.77. The summed E-state index contributed by atoms with van der Waals surface area (Å²) in [6.07, 6.45) is 7.34. The highest BCUT2D eigenvalue weighted by Gasteiger charge is 2.34. The minimum Gasteiger partial charge on any atom is -0.369 e. The second-order valence-electron chi connectivity index (χ2n) is 13.7. The van der Waals surface area contributed by atoms with E-state index in [0.29, 0.717) is 17.4 Å². The summed E-state index contributed by atoms with van der Waals surface area (Å²) < 4.78 is 29.5. The first-order chi connectivity index (χ1) is 23.8. The van der Waals surface area contributed by atoms with Gasteiger partial charge in [-0.25, -0.2) is 13.8 Å². The fraction of sp³-hybridized carbons (Fsp3) is 0.395. The first-order valence-corrected chi connectivity index (χ1v) is 17.5. The van der Waals surface area contributed by atoms with E-state index >= 15 is 0 Å². The van der Waals surface area contributed by atoms with Gasteiger partial charge in [0.1, 0.15) is 11.6 Å². The van der Waals surface area contributed by atoms with Crippen molar-refractivity contribution in [3.63, 3.8) is 0 Å². The number of anilines is 4. The van der Waals surface area contributed by atoms with Crippen LogP contribution in [0.1, 0.15) is 42.6 Å². The highest BCUT2D eigenvalue weighted by atomic mass is 19.1. The molecule has 8 rings (SSSR count). The van der Waals surface area contributed by atoms with Crippen LogP contribution in [0.2, 0.25) is 0 Å². The van der Waals surface area contributed by atoms with E-state index in [0.717, 1.165) is 124 Å². The molecular weight excluding hydrogens is 620 g/mol. The number of halogens is 2. The summed E-state index contributed by atoms with van der Waals surface area (Å²) in [7, 11) is 2.02. The van der Waals surface area contributed by atoms with Crippen LogP contribution in [-0.2, 0) is 13.5 Å². The number of nitrogens with one attached hydrogen (secondary N) is 1. The Morgan fingerprint density at radius 3 is 2.41 bits per heavy atom. The van der Waals surface area contributed by atoms with Crippen LogP contribution in [0.5, 0.6) is 0 Å². The molecule has 2 aromatic carbocycles. The normalized spacial score (nSPS) is 20.0. The van der Waals surface area contributed by atoms with Crippen molar-refractivity contribution in [1.82, 2.24) is 19.7 Å². The monoisotopic (exact) mass is 663 g/mol. The van der Waals surface area contributed by atoms with Gasteiger partial charge in [0.2, 0.25) is 5.96 Å². The van der Waals surface area contributed by atoms with E-state index in [4.69, 9.17) is 9.98 Å². The standard InChI is InChI=1S/C38H43F2N9/c1-25-16-27-17-35(42-25)33-22-41-45(3)36(33)8-6-4-5-7-11-49-37-21-30(9-10-34(37)44-38(49)43-26(27)2)46-12-14-47(15-13-46)32-23-48(24-32)31-19-28(39)18-29(40)20-31/h9-10,16-22,32H,2,4-8,11-15,23-24H2,1,3H3,(H,43,44). The predicted octanol–water partition coefficient (Wildman–Crippen LogP) is 6.45. The molecule has 11 heteroatoms. The minimum absolute atomic E-state index is 0.399. The number of aliphatic imine (C=N–C) groups is 1. The molecule has 0 aliphatic carbocycles. The van der Waals surface area contributed by atoms with Gasteiger partial charge in [-0.2, -0.15) is 5.10 Å². The number of hydrogen-bond donors (Lipinski definition) is 1. The lowest BCUT2D eigenvalue weighted by molar-refractivity contribution is 0.157. The maximum Gasteiger partial charge on any atom is 0.208 e. The zero-order valence-corrected chi connectivity index (χ0v) is 28.3. The molecule has 254 valence electrons. The lowest BCUT2D eigenvalue weighted by Gasteiger charge is -2.49. The van der Waals surface area contributed by atoms with E-state index in [1.54, 1.807) is 0 Å². The van der Waals surface area contributed by atoms with E-state index < -0.39 is 11.6 Å². The third-order valence-electron chi connectivity index (χ3n) is 10.5. The zero-order chi connectivity index (χ0) is 33.6. The SMILES string of the molecule is C=C1/N=C2\Nc3ccc(N4CCN(C5CN(c6cc(F)cc(F)c6)C5)CC4)cc3N2CCCCCCc2c(cnn2C)-c2cc1cc(C)n2. The number of guanidine groups is 1. The van der Waals surface area contributed by atoms with Crippen molar-refractivity contribution >= 4 is 34.4 Å². The predicted molar refractivity (Wildman–Crippen MR) is 193 cm³/mol. The quantitative estimate of drug-likeness (QED) is 0.270. The van der Waals surface area contributed by atoms with Gasteiger partial charge < -0.3 is 20.0 Å². The second-order valence-corrected chi connectivity index (χ2v) is 13.7. The third-order valence-corrected chi connectivity index (χ3v) is 10.5. The highest BCUT2D eigenvalue weighted by molar-refractivity contribution is 6.16. The summed E-state index contributed by atoms with van der Waals surface area (Å²) in [6, 6.07) is 15.0. The summed E-state index contributed by atoms with van der Waals surface area (Å²) in [5.41, 5.74) is 9.83. The van der Waals surface area contributed by atoms with Gasteiger partial charge in [-0.05, 0) is 68.7 Å². The molecule has 0 radical (unpaired) electrons. The van der Waals surface area contributed by atoms with Crippen LogP contribution in [0, 0.1) is 18.6 Å². The molecule has 49 heavy (non-hydrogen) atoms. The number of benzene rings is 2. The van der Waals surface area contributed by atoms with Crippen molar-refractivity contribution in [2.24, 2.45) is 12.0 Å². The highest BCUT2D eigenvalue weighted by Crippen LogP contribution is 2.38. The van der Waals surface area contributed by atoms with Crippen LogP contribution in [0.4, 0.5) is 31.5 Å². The lowest BCUT2D eigenvalue weighted by atomic mass is 10.0. The van der Waals surface area contributed by atoms with E-state index in [-0.39, 0.29) is 0 Å². The topological polar surface area (TPSA) is 68.1 Å². The van der Waals surface area contributed by atoms with Gasteiger partial charge >= 0.3 is 0 Å². The Balaban J connectivity index is 0.980. The van der Waals surface area contributed by atoms with E-state index in [1.165, 1.54) is 23.5 Å². The van der Waals surface area contributed by atoms with Gasteiger partial charge in [0.15, 0.2) is 0 Å². The van der Waals surface area contributed by atoms with Crippen LogP contribution in [0.25, 0.3) is 17.0 Å². The molecule has 6 heterocycles. The number of aromatic nitrogens is 3. The van der Waals surface area contributed by atoms with Crippen LogP contribution in [0.3, 0.4) is 0 Å². The first kappa shape index (κ1) is 31.5. The molecule has 2 fully saturated rings. The Bertz CT molecular complexity index is 1900. The van der Waals surface area contributed by atoms with Gasteiger partial charge in [-0.1, -0.05) is 19.4 Å². The van der Waals surface area contributed by atoms with Crippen LogP contribution in [0.15, 0.2) is 66.3 Å². The molecule has 1 N–H and O–H groups in total. The van der Waals surface area contributed by atoms with E-state index in [9.17, 15) is 8.78 Å². The maximum absolute atomic E-state index is 13.7. The van der Waals surface area contributed by atoms with Gasteiger partial charge in [0.05, 0.1) is 29.0 Å². The minimum atomic E-state index is -0.527. The number of piperazine rings is 1. The average Bonchev–Trinajstić information content (AvgIpc) is 3.59. The van der Waals surface area contributed by atoms with Crippen molar-refractivity contribution in [2.45, 2.75) is 45.1 Å². The first-order valence-electron chi connectivity index (χ1n) is 17.5. The molecule has 4 aliphatic rings. The van der Waals surface area contributed by atoms with Crippen molar-refractivity contribution < 1.29 is 8.78 Å². The molecule has 4 aliphatic heterocycles. The maximum atomic E-state index is 13.7.